The molecule has 0 radical (unpaired) electrons. The van der Waals surface area contributed by atoms with Gasteiger partial charge in [-0.15, -0.1) is 0 Å². The maximum absolute atomic E-state index is 11.3. The minimum absolute atomic E-state index is 0.226. The Morgan fingerprint density at radius 3 is 2.29 bits per heavy atom. The zero-order valence-electron chi connectivity index (χ0n) is 20.8. The Morgan fingerprint density at radius 2 is 1.65 bits per heavy atom. The first-order valence-electron chi connectivity index (χ1n) is 12.8. The third kappa shape index (κ3) is 4.53. The molecule has 0 amide bonds. The lowest BCUT2D eigenvalue weighted by molar-refractivity contribution is 0.00835. The summed E-state index contributed by atoms with van der Waals surface area (Å²) in [4.78, 5) is 11.1. The molecule has 2 N–H and O–H groups in total. The van der Waals surface area contributed by atoms with Gasteiger partial charge in [-0.1, -0.05) is 77.2 Å². The SMILES string of the molecule is CCCCCCCOc1cc2c(cc1/C=C/c1ccc(C(=O)O)cc1)C1(C)CCCC2(C)C1O. The number of aliphatic hydroxyl groups excluding tert-OH is 1. The van der Waals surface area contributed by atoms with E-state index >= 15 is 0 Å². The third-order valence-corrected chi connectivity index (χ3v) is 8.10. The number of carboxylic acid groups (broad SMARTS) is 1. The van der Waals surface area contributed by atoms with E-state index in [0.717, 1.165) is 42.6 Å². The van der Waals surface area contributed by atoms with Gasteiger partial charge in [0.15, 0.2) is 0 Å². The average molecular weight is 463 g/mol. The highest BCUT2D eigenvalue weighted by atomic mass is 16.5. The molecular weight excluding hydrogens is 424 g/mol. The Labute approximate surface area is 203 Å². The lowest BCUT2D eigenvalue weighted by Gasteiger charge is -2.41. The molecule has 3 atom stereocenters. The van der Waals surface area contributed by atoms with Crippen LogP contribution in [-0.4, -0.2) is 28.9 Å². The zero-order valence-corrected chi connectivity index (χ0v) is 20.8. The van der Waals surface area contributed by atoms with Gasteiger partial charge in [0.05, 0.1) is 18.3 Å². The number of hydrogen-bond donors (Lipinski definition) is 2. The van der Waals surface area contributed by atoms with E-state index in [-0.39, 0.29) is 22.5 Å². The van der Waals surface area contributed by atoms with Gasteiger partial charge < -0.3 is 14.9 Å². The van der Waals surface area contributed by atoms with Crippen molar-refractivity contribution in [3.05, 3.63) is 64.2 Å². The van der Waals surface area contributed by atoms with Crippen LogP contribution < -0.4 is 4.74 Å². The molecule has 4 heteroatoms. The van der Waals surface area contributed by atoms with Crippen LogP contribution in [0.2, 0.25) is 0 Å². The summed E-state index contributed by atoms with van der Waals surface area (Å²) < 4.78 is 6.33. The fourth-order valence-corrected chi connectivity index (χ4v) is 5.97. The number of fused-ring (bicyclic) bond motifs is 5. The van der Waals surface area contributed by atoms with Crippen molar-refractivity contribution in [1.29, 1.82) is 0 Å². The van der Waals surface area contributed by atoms with Crippen LogP contribution in [0.3, 0.4) is 0 Å². The van der Waals surface area contributed by atoms with Crippen molar-refractivity contribution >= 4 is 18.1 Å². The van der Waals surface area contributed by atoms with Crippen molar-refractivity contribution in [2.45, 2.75) is 89.1 Å². The minimum atomic E-state index is -0.921. The van der Waals surface area contributed by atoms with Gasteiger partial charge in [0.1, 0.15) is 5.75 Å². The summed E-state index contributed by atoms with van der Waals surface area (Å²) in [7, 11) is 0. The fourth-order valence-electron chi connectivity index (χ4n) is 5.97. The smallest absolute Gasteiger partial charge is 0.335 e. The van der Waals surface area contributed by atoms with Crippen LogP contribution in [0.4, 0.5) is 0 Å². The monoisotopic (exact) mass is 462 g/mol. The van der Waals surface area contributed by atoms with E-state index in [9.17, 15) is 9.90 Å². The number of unbranched alkanes of at least 4 members (excludes halogenated alkanes) is 4. The highest BCUT2D eigenvalue weighted by molar-refractivity contribution is 5.88. The van der Waals surface area contributed by atoms with E-state index in [1.807, 2.05) is 18.2 Å². The summed E-state index contributed by atoms with van der Waals surface area (Å²) in [5.41, 5.74) is 4.26. The summed E-state index contributed by atoms with van der Waals surface area (Å²) in [6, 6.07) is 11.3. The molecule has 3 unspecified atom stereocenters. The van der Waals surface area contributed by atoms with Crippen LogP contribution in [0.15, 0.2) is 36.4 Å². The number of hydrogen-bond acceptors (Lipinski definition) is 3. The Bertz CT molecular complexity index is 1050. The van der Waals surface area contributed by atoms with Crippen LogP contribution in [0, 0.1) is 0 Å². The van der Waals surface area contributed by atoms with Crippen molar-refractivity contribution in [3.8, 4) is 5.75 Å². The number of aromatic carboxylic acids is 1. The van der Waals surface area contributed by atoms with Gasteiger partial charge in [0, 0.05) is 16.4 Å². The summed E-state index contributed by atoms with van der Waals surface area (Å²) in [5, 5.41) is 20.4. The number of ether oxygens (including phenoxy) is 1. The molecule has 1 saturated carbocycles. The molecule has 2 aliphatic rings. The molecule has 182 valence electrons. The van der Waals surface area contributed by atoms with Gasteiger partial charge in [0.25, 0.3) is 0 Å². The number of benzene rings is 2. The quantitative estimate of drug-likeness (QED) is 0.295. The molecule has 2 aromatic carbocycles. The first kappa shape index (κ1) is 24.5. The zero-order chi connectivity index (χ0) is 24.3. The van der Waals surface area contributed by atoms with E-state index in [4.69, 9.17) is 9.84 Å². The topological polar surface area (TPSA) is 66.8 Å². The van der Waals surface area contributed by atoms with Gasteiger partial charge in [-0.25, -0.2) is 4.79 Å². The van der Waals surface area contributed by atoms with E-state index in [2.05, 4.69) is 39.0 Å². The second-order valence-electron chi connectivity index (χ2n) is 10.5. The second kappa shape index (κ2) is 9.95. The summed E-state index contributed by atoms with van der Waals surface area (Å²) in [5.74, 6) is -0.0487. The van der Waals surface area contributed by atoms with Crippen LogP contribution in [0.1, 0.15) is 105 Å². The van der Waals surface area contributed by atoms with Crippen molar-refractivity contribution < 1.29 is 19.7 Å². The predicted molar refractivity (Wildman–Crippen MR) is 138 cm³/mol. The van der Waals surface area contributed by atoms with Crippen molar-refractivity contribution in [2.75, 3.05) is 6.61 Å². The minimum Gasteiger partial charge on any atom is -0.493 e. The van der Waals surface area contributed by atoms with Gasteiger partial charge in [-0.3, -0.25) is 0 Å². The summed E-state index contributed by atoms with van der Waals surface area (Å²) >= 11 is 0. The highest BCUT2D eigenvalue weighted by Crippen LogP contribution is 2.58. The standard InChI is InChI=1S/C30H38O4/c1-4-5-6-7-8-18-34-26-20-25-24(29(2)16-9-17-30(25,3)28(29)33)19-23(26)15-12-21-10-13-22(14-11-21)27(31)32/h10-15,19-20,28,33H,4-9,16-18H2,1-3H3,(H,31,32)/b15-12+. The number of carbonyl (C=O) groups is 1. The highest BCUT2D eigenvalue weighted by Gasteiger charge is 2.57. The molecule has 0 aliphatic heterocycles. The third-order valence-electron chi connectivity index (χ3n) is 8.10. The molecule has 0 heterocycles. The molecule has 0 saturated heterocycles. The molecule has 2 bridgehead atoms. The normalized spacial score (nSPS) is 25.5. The van der Waals surface area contributed by atoms with Crippen LogP contribution in [0.25, 0.3) is 12.2 Å². The second-order valence-corrected chi connectivity index (χ2v) is 10.5. The van der Waals surface area contributed by atoms with Gasteiger partial charge >= 0.3 is 5.97 Å². The largest absolute Gasteiger partial charge is 0.493 e. The first-order valence-corrected chi connectivity index (χ1v) is 12.8. The maximum atomic E-state index is 11.3. The summed E-state index contributed by atoms with van der Waals surface area (Å²) in [6.07, 6.45) is 12.7. The Balaban J connectivity index is 1.64. The average Bonchev–Trinajstić information content (AvgIpc) is 2.91. The number of rotatable bonds is 10. The van der Waals surface area contributed by atoms with Crippen molar-refractivity contribution in [3.63, 3.8) is 0 Å². The molecule has 2 aromatic rings. The lowest BCUT2D eigenvalue weighted by atomic mass is 9.66. The Kier molecular flexibility index (Phi) is 7.18. The van der Waals surface area contributed by atoms with Gasteiger partial charge in [-0.2, -0.15) is 0 Å². The van der Waals surface area contributed by atoms with Gasteiger partial charge in [0.2, 0.25) is 0 Å². The Hall–Kier alpha value is -2.59. The maximum Gasteiger partial charge on any atom is 0.335 e. The lowest BCUT2D eigenvalue weighted by Crippen LogP contribution is -2.46. The van der Waals surface area contributed by atoms with Gasteiger partial charge in [-0.05, 0) is 60.2 Å². The molecule has 4 nitrogen and oxygen atoms in total. The predicted octanol–water partition coefficient (Wildman–Crippen LogP) is 6.98. The molecule has 0 spiro atoms. The van der Waals surface area contributed by atoms with E-state index in [1.54, 1.807) is 12.1 Å². The molecule has 1 fully saturated rings. The fraction of sp³-hybridized carbons (Fsp3) is 0.500. The van der Waals surface area contributed by atoms with Crippen molar-refractivity contribution in [1.82, 2.24) is 0 Å². The Morgan fingerprint density at radius 1 is 1.00 bits per heavy atom. The van der Waals surface area contributed by atoms with E-state index in [1.165, 1.54) is 36.8 Å². The van der Waals surface area contributed by atoms with Crippen molar-refractivity contribution in [2.24, 2.45) is 0 Å². The number of carboxylic acids is 1. The molecule has 2 aliphatic carbocycles. The first-order chi connectivity index (χ1) is 16.3. The number of aliphatic hydroxyl groups is 1. The molecular formula is C30H38O4. The van der Waals surface area contributed by atoms with E-state index in [0.29, 0.717) is 6.61 Å². The molecule has 34 heavy (non-hydrogen) atoms. The van der Waals surface area contributed by atoms with Crippen LogP contribution >= 0.6 is 0 Å². The van der Waals surface area contributed by atoms with E-state index < -0.39 is 5.97 Å². The molecule has 4 rings (SSSR count). The summed E-state index contributed by atoms with van der Waals surface area (Å²) in [6.45, 7) is 7.32. The van der Waals surface area contributed by atoms with Crippen LogP contribution in [-0.2, 0) is 10.8 Å². The van der Waals surface area contributed by atoms with Crippen LogP contribution in [0.5, 0.6) is 5.75 Å². The molecule has 0 aromatic heterocycles.